The molecule has 1 aliphatic heterocycles. The van der Waals surface area contributed by atoms with Gasteiger partial charge in [-0.1, -0.05) is 0 Å². The summed E-state index contributed by atoms with van der Waals surface area (Å²) in [6.45, 7) is 9.27. The van der Waals surface area contributed by atoms with Gasteiger partial charge in [0.25, 0.3) is 0 Å². The van der Waals surface area contributed by atoms with Gasteiger partial charge in [0.2, 0.25) is 0 Å². The van der Waals surface area contributed by atoms with E-state index in [1.165, 1.54) is 13.0 Å². The zero-order chi connectivity index (χ0) is 13.7. The summed E-state index contributed by atoms with van der Waals surface area (Å²) in [5.74, 6) is 1.68. The molecule has 1 aliphatic rings. The van der Waals surface area contributed by atoms with Crippen molar-refractivity contribution in [2.45, 2.75) is 20.3 Å². The molecular formula is C14H24N4O. The van der Waals surface area contributed by atoms with Gasteiger partial charge >= 0.3 is 0 Å². The van der Waals surface area contributed by atoms with Crippen LogP contribution in [0, 0.1) is 19.8 Å². The number of aromatic nitrogens is 2. The fraction of sp³-hybridized carbons (Fsp3) is 0.714. The van der Waals surface area contributed by atoms with E-state index in [4.69, 9.17) is 4.74 Å². The van der Waals surface area contributed by atoms with Crippen LogP contribution in [0.4, 0.5) is 5.82 Å². The van der Waals surface area contributed by atoms with E-state index in [9.17, 15) is 0 Å². The van der Waals surface area contributed by atoms with E-state index in [1.54, 1.807) is 13.4 Å². The van der Waals surface area contributed by atoms with Crippen LogP contribution in [-0.4, -0.2) is 54.8 Å². The molecule has 1 unspecified atom stereocenters. The van der Waals surface area contributed by atoms with Crippen LogP contribution in [0.2, 0.25) is 0 Å². The number of rotatable bonds is 6. The predicted molar refractivity (Wildman–Crippen MR) is 76.4 cm³/mol. The second-order valence-corrected chi connectivity index (χ2v) is 5.26. The summed E-state index contributed by atoms with van der Waals surface area (Å²) in [5, 5.41) is 3.46. The van der Waals surface area contributed by atoms with E-state index >= 15 is 0 Å². The Morgan fingerprint density at radius 2 is 2.26 bits per heavy atom. The van der Waals surface area contributed by atoms with Crippen LogP contribution in [0.3, 0.4) is 0 Å². The van der Waals surface area contributed by atoms with Crippen LogP contribution in [0.1, 0.15) is 17.7 Å². The Morgan fingerprint density at radius 1 is 1.42 bits per heavy atom. The van der Waals surface area contributed by atoms with Gasteiger partial charge in [0.05, 0.1) is 6.61 Å². The maximum absolute atomic E-state index is 5.12. The predicted octanol–water partition coefficient (Wildman–Crippen LogP) is 1.47. The molecule has 0 bridgehead atoms. The third-order valence-electron chi connectivity index (χ3n) is 3.88. The first-order chi connectivity index (χ1) is 9.20. The van der Waals surface area contributed by atoms with Crippen LogP contribution < -0.4 is 5.32 Å². The topological polar surface area (TPSA) is 50.3 Å². The summed E-state index contributed by atoms with van der Waals surface area (Å²) in [6, 6.07) is 0. The number of likely N-dealkylation sites (tertiary alicyclic amines) is 1. The molecule has 2 heterocycles. The fourth-order valence-corrected chi connectivity index (χ4v) is 2.46. The highest BCUT2D eigenvalue weighted by atomic mass is 16.5. The smallest absolute Gasteiger partial charge is 0.132 e. The van der Waals surface area contributed by atoms with Gasteiger partial charge in [-0.05, 0) is 32.7 Å². The molecule has 5 heteroatoms. The normalized spacial score (nSPS) is 19.8. The Bertz CT molecular complexity index is 410. The van der Waals surface area contributed by atoms with Crippen molar-refractivity contribution in [1.82, 2.24) is 14.9 Å². The van der Waals surface area contributed by atoms with Crippen LogP contribution >= 0.6 is 0 Å². The van der Waals surface area contributed by atoms with Crippen molar-refractivity contribution in [3.8, 4) is 0 Å². The minimum Gasteiger partial charge on any atom is -0.383 e. The van der Waals surface area contributed by atoms with Crippen LogP contribution in [0.5, 0.6) is 0 Å². The lowest BCUT2D eigenvalue weighted by Crippen LogP contribution is -2.26. The highest BCUT2D eigenvalue weighted by molar-refractivity contribution is 5.44. The average Bonchev–Trinajstić information content (AvgIpc) is 2.86. The van der Waals surface area contributed by atoms with E-state index in [0.717, 1.165) is 43.3 Å². The van der Waals surface area contributed by atoms with E-state index in [-0.39, 0.29) is 0 Å². The second kappa shape index (κ2) is 6.82. The van der Waals surface area contributed by atoms with Crippen molar-refractivity contribution in [1.29, 1.82) is 0 Å². The maximum atomic E-state index is 5.12. The van der Waals surface area contributed by atoms with Gasteiger partial charge in [0.1, 0.15) is 12.1 Å². The quantitative estimate of drug-likeness (QED) is 0.843. The zero-order valence-electron chi connectivity index (χ0n) is 12.1. The van der Waals surface area contributed by atoms with Gasteiger partial charge < -0.3 is 15.0 Å². The lowest BCUT2D eigenvalue weighted by atomic mass is 10.1. The maximum Gasteiger partial charge on any atom is 0.132 e. The largest absolute Gasteiger partial charge is 0.383 e. The highest BCUT2D eigenvalue weighted by Crippen LogP contribution is 2.18. The number of nitrogens with zero attached hydrogens (tertiary/aromatic N) is 3. The van der Waals surface area contributed by atoms with Crippen molar-refractivity contribution >= 4 is 5.82 Å². The van der Waals surface area contributed by atoms with Crippen molar-refractivity contribution in [3.05, 3.63) is 17.6 Å². The molecule has 19 heavy (non-hydrogen) atoms. The van der Waals surface area contributed by atoms with Crippen molar-refractivity contribution in [2.75, 3.05) is 45.2 Å². The molecule has 1 fully saturated rings. The van der Waals surface area contributed by atoms with Gasteiger partial charge in [0, 0.05) is 38.0 Å². The highest BCUT2D eigenvalue weighted by Gasteiger charge is 2.22. The Balaban J connectivity index is 1.79. The Hall–Kier alpha value is -1.20. The summed E-state index contributed by atoms with van der Waals surface area (Å²) in [7, 11) is 1.76. The molecule has 0 spiro atoms. The number of hydrogen-bond acceptors (Lipinski definition) is 5. The first-order valence-corrected chi connectivity index (χ1v) is 6.94. The summed E-state index contributed by atoms with van der Waals surface area (Å²) in [6.07, 6.45) is 2.88. The van der Waals surface area contributed by atoms with Crippen LogP contribution in [0.25, 0.3) is 0 Å². The van der Waals surface area contributed by atoms with Crippen molar-refractivity contribution in [2.24, 2.45) is 5.92 Å². The number of aryl methyl sites for hydroxylation is 1. The molecule has 5 nitrogen and oxygen atoms in total. The second-order valence-electron chi connectivity index (χ2n) is 5.26. The Morgan fingerprint density at radius 3 is 3.05 bits per heavy atom. The minimum atomic E-state index is 0.700. The van der Waals surface area contributed by atoms with E-state index in [0.29, 0.717) is 5.92 Å². The fourth-order valence-electron chi connectivity index (χ4n) is 2.46. The molecule has 0 amide bonds. The standard InChI is InChI=1S/C14H24N4O/c1-11-12(2)16-10-17-14(11)15-8-13-4-5-18(9-13)6-7-19-3/h10,13H,4-9H2,1-3H3,(H,15,16,17). The number of hydrogen-bond donors (Lipinski definition) is 1. The molecule has 2 rings (SSSR count). The lowest BCUT2D eigenvalue weighted by Gasteiger charge is -2.16. The molecule has 0 saturated carbocycles. The van der Waals surface area contributed by atoms with E-state index in [2.05, 4.69) is 27.1 Å². The molecular weight excluding hydrogens is 240 g/mol. The molecule has 0 aliphatic carbocycles. The number of methoxy groups -OCH3 is 1. The molecule has 106 valence electrons. The SMILES string of the molecule is COCCN1CCC(CNc2ncnc(C)c2C)C1. The van der Waals surface area contributed by atoms with Gasteiger partial charge in [-0.15, -0.1) is 0 Å². The molecule has 1 aromatic heterocycles. The molecule has 1 N–H and O–H groups in total. The Kier molecular flexibility index (Phi) is 5.10. The molecule has 0 aromatic carbocycles. The average molecular weight is 264 g/mol. The minimum absolute atomic E-state index is 0.700. The van der Waals surface area contributed by atoms with Gasteiger partial charge in [-0.3, -0.25) is 0 Å². The van der Waals surface area contributed by atoms with Gasteiger partial charge in [-0.2, -0.15) is 0 Å². The van der Waals surface area contributed by atoms with Crippen molar-refractivity contribution < 1.29 is 4.74 Å². The molecule has 0 radical (unpaired) electrons. The number of anilines is 1. The van der Waals surface area contributed by atoms with E-state index in [1.807, 2.05) is 6.92 Å². The number of ether oxygens (including phenoxy) is 1. The van der Waals surface area contributed by atoms with Crippen LogP contribution in [0.15, 0.2) is 6.33 Å². The third kappa shape index (κ3) is 3.88. The summed E-state index contributed by atoms with van der Waals surface area (Å²) in [5.41, 5.74) is 2.20. The van der Waals surface area contributed by atoms with Crippen LogP contribution in [-0.2, 0) is 4.74 Å². The monoisotopic (exact) mass is 264 g/mol. The third-order valence-corrected chi connectivity index (χ3v) is 3.88. The first kappa shape index (κ1) is 14.2. The zero-order valence-corrected chi connectivity index (χ0v) is 12.1. The van der Waals surface area contributed by atoms with E-state index < -0.39 is 0 Å². The van der Waals surface area contributed by atoms with Crippen molar-refractivity contribution in [3.63, 3.8) is 0 Å². The first-order valence-electron chi connectivity index (χ1n) is 6.94. The summed E-state index contributed by atoms with van der Waals surface area (Å²) < 4.78 is 5.12. The Labute approximate surface area is 115 Å². The molecule has 1 aromatic rings. The molecule has 1 atom stereocenters. The van der Waals surface area contributed by atoms with Gasteiger partial charge in [-0.25, -0.2) is 9.97 Å². The van der Waals surface area contributed by atoms with Gasteiger partial charge in [0.15, 0.2) is 0 Å². The summed E-state index contributed by atoms with van der Waals surface area (Å²) >= 11 is 0. The molecule has 1 saturated heterocycles. The lowest BCUT2D eigenvalue weighted by molar-refractivity contribution is 0.159. The number of nitrogens with one attached hydrogen (secondary N) is 1. The summed E-state index contributed by atoms with van der Waals surface area (Å²) in [4.78, 5) is 11.0.